The van der Waals surface area contributed by atoms with Crippen molar-refractivity contribution in [2.24, 2.45) is 0 Å². The number of nitriles is 1. The highest BCUT2D eigenvalue weighted by Gasteiger charge is 2.22. The Bertz CT molecular complexity index is 848. The molecule has 4 nitrogen and oxygen atoms in total. The zero-order chi connectivity index (χ0) is 21.1. The first kappa shape index (κ1) is 22.2. The third-order valence-corrected chi connectivity index (χ3v) is 4.87. The highest BCUT2D eigenvalue weighted by atomic mass is 16.5. The van der Waals surface area contributed by atoms with Crippen molar-refractivity contribution < 1.29 is 14.3 Å². The van der Waals surface area contributed by atoms with Crippen LogP contribution in [-0.4, -0.2) is 19.2 Å². The minimum atomic E-state index is -0.564. The Kier molecular flexibility index (Phi) is 8.98. The van der Waals surface area contributed by atoms with Gasteiger partial charge in [-0.15, -0.1) is 0 Å². The minimum absolute atomic E-state index is 0.0234. The summed E-state index contributed by atoms with van der Waals surface area (Å²) >= 11 is 0. The minimum Gasteiger partial charge on any atom is -0.497 e. The third-order valence-electron chi connectivity index (χ3n) is 4.87. The lowest BCUT2D eigenvalue weighted by Crippen LogP contribution is -2.19. The molecule has 152 valence electrons. The number of hydrogen-bond donors (Lipinski definition) is 0. The molecule has 0 aliphatic rings. The van der Waals surface area contributed by atoms with Crippen molar-refractivity contribution in [1.29, 1.82) is 5.26 Å². The number of esters is 1. The van der Waals surface area contributed by atoms with Crippen LogP contribution in [-0.2, 0) is 9.53 Å². The zero-order valence-corrected chi connectivity index (χ0v) is 17.5. The van der Waals surface area contributed by atoms with Gasteiger partial charge in [0.2, 0.25) is 0 Å². The van der Waals surface area contributed by atoms with Gasteiger partial charge in [0.1, 0.15) is 23.5 Å². The van der Waals surface area contributed by atoms with Crippen molar-refractivity contribution in [1.82, 2.24) is 0 Å². The lowest BCUT2D eigenvalue weighted by Gasteiger charge is -2.17. The molecule has 0 saturated carbocycles. The van der Waals surface area contributed by atoms with Crippen LogP contribution in [0.1, 0.15) is 57.1 Å². The monoisotopic (exact) mass is 391 g/mol. The second-order valence-corrected chi connectivity index (χ2v) is 6.89. The molecule has 0 amide bonds. The van der Waals surface area contributed by atoms with E-state index in [9.17, 15) is 10.1 Å². The number of unbranched alkanes of at least 4 members (excludes halogenated alkanes) is 2. The average molecular weight is 392 g/mol. The largest absolute Gasteiger partial charge is 0.497 e. The fourth-order valence-corrected chi connectivity index (χ4v) is 3.20. The van der Waals surface area contributed by atoms with Crippen LogP contribution in [0, 0.1) is 11.3 Å². The number of nitrogens with zero attached hydrogens (tertiary/aromatic N) is 1. The summed E-state index contributed by atoms with van der Waals surface area (Å²) in [7, 11) is 1.60. The standard InChI is InChI=1S/C25H29NO3/c1-4-6-8-13-21(5-2)29-25(27)23(18-26)24(19-11-9-7-10-12-19)20-14-16-22(28-3)17-15-20/h7,9-12,14-17,21H,4-6,8,13H2,1-3H3/b24-23-. The smallest absolute Gasteiger partial charge is 0.349 e. The number of rotatable bonds is 10. The molecular formula is C25H29NO3. The van der Waals surface area contributed by atoms with Crippen molar-refractivity contribution in [3.63, 3.8) is 0 Å². The fraction of sp³-hybridized carbons (Fsp3) is 0.360. The van der Waals surface area contributed by atoms with Crippen molar-refractivity contribution in [3.8, 4) is 11.8 Å². The Labute approximate surface area is 173 Å². The molecule has 1 unspecified atom stereocenters. The summed E-state index contributed by atoms with van der Waals surface area (Å²) in [6.07, 6.45) is 4.61. The van der Waals surface area contributed by atoms with Crippen LogP contribution < -0.4 is 4.74 Å². The second-order valence-electron chi connectivity index (χ2n) is 6.89. The number of carbonyl (C=O) groups is 1. The van der Waals surface area contributed by atoms with E-state index in [-0.39, 0.29) is 11.7 Å². The van der Waals surface area contributed by atoms with Gasteiger partial charge in [0.05, 0.1) is 7.11 Å². The molecule has 0 bridgehead atoms. The van der Waals surface area contributed by atoms with Gasteiger partial charge in [-0.3, -0.25) is 0 Å². The third kappa shape index (κ3) is 6.22. The Morgan fingerprint density at radius 1 is 1.00 bits per heavy atom. The Balaban J connectivity index is 2.43. The molecule has 29 heavy (non-hydrogen) atoms. The van der Waals surface area contributed by atoms with Crippen LogP contribution in [0.3, 0.4) is 0 Å². The lowest BCUT2D eigenvalue weighted by molar-refractivity contribution is -0.144. The van der Waals surface area contributed by atoms with E-state index in [0.29, 0.717) is 11.3 Å². The van der Waals surface area contributed by atoms with Gasteiger partial charge in [-0.1, -0.05) is 69.2 Å². The van der Waals surface area contributed by atoms with Crippen molar-refractivity contribution >= 4 is 11.5 Å². The molecular weight excluding hydrogens is 362 g/mol. The molecule has 2 aromatic rings. The molecule has 0 N–H and O–H groups in total. The summed E-state index contributed by atoms with van der Waals surface area (Å²) in [6.45, 7) is 4.14. The van der Waals surface area contributed by atoms with Gasteiger partial charge in [-0.2, -0.15) is 5.26 Å². The normalized spacial score (nSPS) is 12.5. The summed E-state index contributed by atoms with van der Waals surface area (Å²) < 4.78 is 11.0. The average Bonchev–Trinajstić information content (AvgIpc) is 2.77. The van der Waals surface area contributed by atoms with E-state index in [0.717, 1.165) is 43.2 Å². The maximum Gasteiger partial charge on any atom is 0.349 e. The van der Waals surface area contributed by atoms with Crippen LogP contribution in [0.15, 0.2) is 60.2 Å². The second kappa shape index (κ2) is 11.7. The number of methoxy groups -OCH3 is 1. The molecule has 0 saturated heterocycles. The molecule has 0 aromatic heterocycles. The van der Waals surface area contributed by atoms with E-state index in [1.165, 1.54) is 0 Å². The predicted octanol–water partition coefficient (Wildman–Crippen LogP) is 5.92. The van der Waals surface area contributed by atoms with Gasteiger partial charge < -0.3 is 9.47 Å². The molecule has 0 radical (unpaired) electrons. The highest BCUT2D eigenvalue weighted by molar-refractivity contribution is 6.05. The number of carbonyl (C=O) groups excluding carboxylic acids is 1. The van der Waals surface area contributed by atoms with E-state index < -0.39 is 5.97 Å². The van der Waals surface area contributed by atoms with Crippen LogP contribution in [0.5, 0.6) is 5.75 Å². The number of hydrogen-bond acceptors (Lipinski definition) is 4. The maximum atomic E-state index is 13.0. The SMILES string of the molecule is CCCCCC(CC)OC(=O)/C(C#N)=C(/c1ccccc1)c1ccc(OC)cc1. The van der Waals surface area contributed by atoms with Crippen LogP contribution in [0.4, 0.5) is 0 Å². The van der Waals surface area contributed by atoms with Gasteiger partial charge >= 0.3 is 5.97 Å². The van der Waals surface area contributed by atoms with E-state index in [4.69, 9.17) is 9.47 Å². The quantitative estimate of drug-likeness (QED) is 0.218. The van der Waals surface area contributed by atoms with E-state index in [1.807, 2.05) is 61.5 Å². The van der Waals surface area contributed by atoms with Crippen LogP contribution >= 0.6 is 0 Å². The predicted molar refractivity (Wildman–Crippen MR) is 115 cm³/mol. The number of ether oxygens (including phenoxy) is 2. The first-order chi connectivity index (χ1) is 14.1. The topological polar surface area (TPSA) is 59.3 Å². The van der Waals surface area contributed by atoms with Crippen LogP contribution in [0.2, 0.25) is 0 Å². The van der Waals surface area contributed by atoms with Crippen molar-refractivity contribution in [3.05, 3.63) is 71.3 Å². The van der Waals surface area contributed by atoms with E-state index >= 15 is 0 Å². The summed E-state index contributed by atoms with van der Waals surface area (Å²) in [5, 5.41) is 9.86. The van der Waals surface area contributed by atoms with E-state index in [2.05, 4.69) is 13.0 Å². The first-order valence-electron chi connectivity index (χ1n) is 10.2. The zero-order valence-electron chi connectivity index (χ0n) is 17.5. The maximum absolute atomic E-state index is 13.0. The van der Waals surface area contributed by atoms with E-state index in [1.54, 1.807) is 7.11 Å². The summed E-state index contributed by atoms with van der Waals surface area (Å²) in [4.78, 5) is 13.0. The molecule has 0 aliphatic carbocycles. The van der Waals surface area contributed by atoms with Gasteiger partial charge in [0.25, 0.3) is 0 Å². The Morgan fingerprint density at radius 2 is 1.66 bits per heavy atom. The lowest BCUT2D eigenvalue weighted by atomic mass is 9.93. The molecule has 0 heterocycles. The van der Waals surface area contributed by atoms with Crippen molar-refractivity contribution in [2.45, 2.75) is 52.1 Å². The summed E-state index contributed by atoms with van der Waals surface area (Å²) in [5.41, 5.74) is 2.16. The molecule has 0 fully saturated rings. The summed E-state index contributed by atoms with van der Waals surface area (Å²) in [6, 6.07) is 18.9. The molecule has 2 rings (SSSR count). The van der Waals surface area contributed by atoms with Gasteiger partial charge in [0.15, 0.2) is 0 Å². The van der Waals surface area contributed by atoms with Gasteiger partial charge in [-0.05, 0) is 42.5 Å². The molecule has 0 spiro atoms. The highest BCUT2D eigenvalue weighted by Crippen LogP contribution is 2.29. The first-order valence-corrected chi connectivity index (χ1v) is 10.2. The number of benzene rings is 2. The van der Waals surface area contributed by atoms with Gasteiger partial charge in [-0.25, -0.2) is 4.79 Å². The fourth-order valence-electron chi connectivity index (χ4n) is 3.20. The van der Waals surface area contributed by atoms with Gasteiger partial charge in [0, 0.05) is 5.57 Å². The molecule has 4 heteroatoms. The molecule has 2 aromatic carbocycles. The summed E-state index contributed by atoms with van der Waals surface area (Å²) in [5.74, 6) is 0.148. The Hall–Kier alpha value is -3.06. The Morgan fingerprint density at radius 3 is 2.21 bits per heavy atom. The van der Waals surface area contributed by atoms with Crippen molar-refractivity contribution in [2.75, 3.05) is 7.11 Å². The molecule has 1 atom stereocenters. The molecule has 0 aliphatic heterocycles. The van der Waals surface area contributed by atoms with Crippen LogP contribution in [0.25, 0.3) is 5.57 Å².